The van der Waals surface area contributed by atoms with Gasteiger partial charge in [0.15, 0.2) is 17.7 Å². The number of fused-ring (bicyclic) bond motifs is 1. The summed E-state index contributed by atoms with van der Waals surface area (Å²) in [6.07, 6.45) is -1.23. The molecule has 31 heavy (non-hydrogen) atoms. The molecule has 4 rings (SSSR count). The number of anilines is 2. The van der Waals surface area contributed by atoms with Crippen LogP contribution in [0.2, 0.25) is 5.02 Å². The first-order chi connectivity index (χ1) is 14.8. The van der Waals surface area contributed by atoms with Crippen LogP contribution in [0.3, 0.4) is 0 Å². The Kier molecular flexibility index (Phi) is 5.55. The number of benzene rings is 3. The van der Waals surface area contributed by atoms with Gasteiger partial charge < -0.3 is 10.1 Å². The van der Waals surface area contributed by atoms with E-state index in [1.54, 1.807) is 18.2 Å². The normalized spacial score (nSPS) is 15.7. The third-order valence-electron chi connectivity index (χ3n) is 4.62. The van der Waals surface area contributed by atoms with Gasteiger partial charge in [0.1, 0.15) is 5.75 Å². The number of nitrogens with one attached hydrogen (secondary N) is 1. The standard InChI is InChI=1S/C21H15ClF2N2O4S/c22-13-5-8-15(9-6-13)31(28,29)26-12-20(30-19-4-2-1-3-18(19)26)21(27)25-14-7-10-16(23)17(24)11-14/h1-11,20H,12H2,(H,25,27)/t20-/m1/s1. The Morgan fingerprint density at radius 1 is 1.03 bits per heavy atom. The molecule has 1 N–H and O–H groups in total. The molecule has 1 amide bonds. The predicted molar refractivity (Wildman–Crippen MR) is 112 cm³/mol. The van der Waals surface area contributed by atoms with Gasteiger partial charge in [-0.25, -0.2) is 17.2 Å². The van der Waals surface area contributed by atoms with Gasteiger partial charge in [-0.2, -0.15) is 0 Å². The molecular weight excluding hydrogens is 450 g/mol. The smallest absolute Gasteiger partial charge is 0.267 e. The van der Waals surface area contributed by atoms with E-state index in [4.69, 9.17) is 16.3 Å². The van der Waals surface area contributed by atoms with Crippen LogP contribution in [0.15, 0.2) is 71.6 Å². The zero-order chi connectivity index (χ0) is 22.2. The van der Waals surface area contributed by atoms with Gasteiger partial charge in [-0.3, -0.25) is 9.10 Å². The summed E-state index contributed by atoms with van der Waals surface area (Å²) < 4.78 is 59.9. The molecule has 0 unspecified atom stereocenters. The summed E-state index contributed by atoms with van der Waals surface area (Å²) in [5.74, 6) is -2.70. The van der Waals surface area contributed by atoms with Crippen LogP contribution < -0.4 is 14.4 Å². The van der Waals surface area contributed by atoms with Crippen LogP contribution >= 0.6 is 11.6 Å². The molecule has 6 nitrogen and oxygen atoms in total. The van der Waals surface area contributed by atoms with Crippen molar-refractivity contribution in [3.63, 3.8) is 0 Å². The number of carbonyl (C=O) groups is 1. The minimum absolute atomic E-state index is 0.00614. The molecule has 0 saturated heterocycles. The fraction of sp³-hybridized carbons (Fsp3) is 0.0952. The molecule has 0 bridgehead atoms. The first-order valence-corrected chi connectivity index (χ1v) is 10.9. The highest BCUT2D eigenvalue weighted by atomic mass is 35.5. The van der Waals surface area contributed by atoms with Crippen molar-refractivity contribution in [3.8, 4) is 5.75 Å². The molecule has 0 spiro atoms. The van der Waals surface area contributed by atoms with Crippen molar-refractivity contribution in [3.05, 3.63) is 83.4 Å². The first kappa shape index (κ1) is 21.1. The minimum Gasteiger partial charge on any atom is -0.476 e. The van der Waals surface area contributed by atoms with Crippen LogP contribution in [-0.4, -0.2) is 27.0 Å². The minimum atomic E-state index is -4.04. The average molecular weight is 465 g/mol. The number of para-hydroxylation sites is 2. The summed E-state index contributed by atoms with van der Waals surface area (Å²) in [4.78, 5) is 12.7. The van der Waals surface area contributed by atoms with Crippen molar-refractivity contribution in [2.45, 2.75) is 11.0 Å². The van der Waals surface area contributed by atoms with Gasteiger partial charge in [-0.1, -0.05) is 23.7 Å². The van der Waals surface area contributed by atoms with Gasteiger partial charge in [0.2, 0.25) is 0 Å². The molecule has 0 radical (unpaired) electrons. The third-order valence-corrected chi connectivity index (χ3v) is 6.66. The number of amides is 1. The largest absolute Gasteiger partial charge is 0.476 e. The van der Waals surface area contributed by atoms with E-state index in [0.717, 1.165) is 16.4 Å². The van der Waals surface area contributed by atoms with E-state index in [9.17, 15) is 22.0 Å². The van der Waals surface area contributed by atoms with Crippen molar-refractivity contribution in [2.24, 2.45) is 0 Å². The Hall–Kier alpha value is -3.17. The number of ether oxygens (including phenoxy) is 1. The average Bonchev–Trinajstić information content (AvgIpc) is 2.75. The van der Waals surface area contributed by atoms with E-state index < -0.39 is 33.7 Å². The maximum atomic E-state index is 13.4. The van der Waals surface area contributed by atoms with Gasteiger partial charge in [0, 0.05) is 16.8 Å². The quantitative estimate of drug-likeness (QED) is 0.627. The van der Waals surface area contributed by atoms with Crippen LogP contribution in [0.5, 0.6) is 5.75 Å². The Morgan fingerprint density at radius 2 is 1.74 bits per heavy atom. The number of hydrogen-bond donors (Lipinski definition) is 1. The summed E-state index contributed by atoms with van der Waals surface area (Å²) >= 11 is 5.86. The lowest BCUT2D eigenvalue weighted by Crippen LogP contribution is -2.48. The highest BCUT2D eigenvalue weighted by molar-refractivity contribution is 7.92. The van der Waals surface area contributed by atoms with Crippen LogP contribution in [0, 0.1) is 11.6 Å². The van der Waals surface area contributed by atoms with E-state index in [1.807, 2.05) is 0 Å². The summed E-state index contributed by atoms with van der Waals surface area (Å²) in [6.45, 7) is -0.322. The highest BCUT2D eigenvalue weighted by Gasteiger charge is 2.37. The molecule has 1 aliphatic heterocycles. The second kappa shape index (κ2) is 8.16. The van der Waals surface area contributed by atoms with Crippen LogP contribution in [0.4, 0.5) is 20.2 Å². The van der Waals surface area contributed by atoms with Crippen molar-refractivity contribution in [1.29, 1.82) is 0 Å². The molecule has 1 heterocycles. The maximum absolute atomic E-state index is 13.4. The number of hydrogen-bond acceptors (Lipinski definition) is 4. The van der Waals surface area contributed by atoms with Gasteiger partial charge in [0.25, 0.3) is 15.9 Å². The Bertz CT molecular complexity index is 1250. The number of rotatable bonds is 4. The predicted octanol–water partition coefficient (Wildman–Crippen LogP) is 4.21. The summed E-state index contributed by atoms with van der Waals surface area (Å²) in [6, 6.07) is 14.9. The summed E-state index contributed by atoms with van der Waals surface area (Å²) in [5, 5.41) is 2.80. The molecule has 10 heteroatoms. The van der Waals surface area contributed by atoms with E-state index in [1.165, 1.54) is 36.4 Å². The van der Waals surface area contributed by atoms with Crippen molar-refractivity contribution in [1.82, 2.24) is 0 Å². The molecule has 0 saturated carbocycles. The number of sulfonamides is 1. The fourth-order valence-corrected chi connectivity index (χ4v) is 4.70. The Morgan fingerprint density at radius 3 is 2.45 bits per heavy atom. The zero-order valence-electron chi connectivity index (χ0n) is 15.8. The molecule has 0 aliphatic carbocycles. The zero-order valence-corrected chi connectivity index (χ0v) is 17.3. The van der Waals surface area contributed by atoms with Crippen molar-refractivity contribution < 1.29 is 26.7 Å². The summed E-state index contributed by atoms with van der Waals surface area (Å²) in [7, 11) is -4.04. The van der Waals surface area contributed by atoms with Crippen LogP contribution in [-0.2, 0) is 14.8 Å². The van der Waals surface area contributed by atoms with Gasteiger partial charge in [-0.15, -0.1) is 0 Å². The van der Waals surface area contributed by atoms with Gasteiger partial charge in [-0.05, 0) is 48.5 Å². The monoisotopic (exact) mass is 464 g/mol. The Balaban J connectivity index is 1.66. The first-order valence-electron chi connectivity index (χ1n) is 9.05. The van der Waals surface area contributed by atoms with Gasteiger partial charge in [0.05, 0.1) is 17.1 Å². The third kappa shape index (κ3) is 4.19. The molecular formula is C21H15ClF2N2O4S. The molecule has 1 atom stereocenters. The second-order valence-electron chi connectivity index (χ2n) is 6.68. The van der Waals surface area contributed by atoms with Crippen LogP contribution in [0.25, 0.3) is 0 Å². The summed E-state index contributed by atoms with van der Waals surface area (Å²) in [5.41, 5.74) is 0.285. The number of halogens is 3. The van der Waals surface area contributed by atoms with E-state index in [-0.39, 0.29) is 28.6 Å². The van der Waals surface area contributed by atoms with Gasteiger partial charge >= 0.3 is 0 Å². The number of nitrogens with zero attached hydrogens (tertiary/aromatic N) is 1. The number of carbonyl (C=O) groups excluding carboxylic acids is 1. The highest BCUT2D eigenvalue weighted by Crippen LogP contribution is 2.37. The second-order valence-corrected chi connectivity index (χ2v) is 8.98. The SMILES string of the molecule is O=C(Nc1ccc(F)c(F)c1)[C@H]1CN(S(=O)(=O)c2ccc(Cl)cc2)c2ccccc2O1. The Labute approximate surface area is 182 Å². The lowest BCUT2D eigenvalue weighted by Gasteiger charge is -2.34. The molecule has 160 valence electrons. The maximum Gasteiger partial charge on any atom is 0.267 e. The topological polar surface area (TPSA) is 75.7 Å². The fourth-order valence-electron chi connectivity index (χ4n) is 3.10. The van der Waals surface area contributed by atoms with Crippen molar-refractivity contribution >= 4 is 38.9 Å². The van der Waals surface area contributed by atoms with Crippen molar-refractivity contribution in [2.75, 3.05) is 16.2 Å². The molecule has 0 fully saturated rings. The molecule has 3 aromatic carbocycles. The lowest BCUT2D eigenvalue weighted by atomic mass is 10.2. The van der Waals surface area contributed by atoms with Crippen LogP contribution in [0.1, 0.15) is 0 Å². The molecule has 0 aromatic heterocycles. The van der Waals surface area contributed by atoms with E-state index in [2.05, 4.69) is 5.32 Å². The molecule has 3 aromatic rings. The lowest BCUT2D eigenvalue weighted by molar-refractivity contribution is -0.122. The van der Waals surface area contributed by atoms with E-state index >= 15 is 0 Å². The molecule has 1 aliphatic rings. The van der Waals surface area contributed by atoms with E-state index in [0.29, 0.717) is 5.02 Å².